The van der Waals surface area contributed by atoms with E-state index in [2.05, 4.69) is 17.9 Å². The van der Waals surface area contributed by atoms with Crippen LogP contribution in [0.2, 0.25) is 0 Å². The number of piperidine rings is 1. The normalized spacial score (nSPS) is 24.4. The van der Waals surface area contributed by atoms with Gasteiger partial charge in [-0.1, -0.05) is 30.3 Å². The number of carboxylic acids is 1. The number of fused-ring (bicyclic) bond motifs is 3. The highest BCUT2D eigenvalue weighted by Crippen LogP contribution is 2.41. The number of thiol groups is 1. The zero-order valence-corrected chi connectivity index (χ0v) is 18.1. The Hall–Kier alpha value is -2.32. The first-order valence-electron chi connectivity index (χ1n) is 10.1. The molecule has 0 saturated carbocycles. The molecule has 0 unspecified atom stereocenters. The number of hydrogen-bond donors (Lipinski definition) is 3. The van der Waals surface area contributed by atoms with Gasteiger partial charge in [-0.25, -0.2) is 4.79 Å². The van der Waals surface area contributed by atoms with Gasteiger partial charge in [0.15, 0.2) is 0 Å². The van der Waals surface area contributed by atoms with Crippen molar-refractivity contribution in [2.75, 3.05) is 0 Å². The van der Waals surface area contributed by atoms with E-state index < -0.39 is 23.3 Å². The maximum Gasteiger partial charge on any atom is 0.326 e. The second-order valence-corrected chi connectivity index (χ2v) is 9.40. The van der Waals surface area contributed by atoms with Crippen molar-refractivity contribution in [3.63, 3.8) is 0 Å². The van der Waals surface area contributed by atoms with Gasteiger partial charge >= 0.3 is 5.97 Å². The van der Waals surface area contributed by atoms with Crippen LogP contribution < -0.4 is 5.32 Å². The van der Waals surface area contributed by atoms with E-state index in [1.165, 1.54) is 4.90 Å². The monoisotopic (exact) mass is 444 g/mol. The summed E-state index contributed by atoms with van der Waals surface area (Å²) in [6.07, 6.45) is 2.75. The van der Waals surface area contributed by atoms with Crippen LogP contribution in [0.4, 0.5) is 0 Å². The molecule has 0 spiro atoms. The lowest BCUT2D eigenvalue weighted by Crippen LogP contribution is -2.56. The van der Waals surface area contributed by atoms with Crippen molar-refractivity contribution in [2.24, 2.45) is 0 Å². The van der Waals surface area contributed by atoms with E-state index in [4.69, 9.17) is 0 Å². The molecule has 158 valence electrons. The summed E-state index contributed by atoms with van der Waals surface area (Å²) in [5.41, 5.74) is 2.00. The Bertz CT molecular complexity index is 946. The molecule has 1 saturated heterocycles. The summed E-state index contributed by atoms with van der Waals surface area (Å²) in [5.74, 6) is -1.63. The number of thiophene rings is 1. The zero-order valence-electron chi connectivity index (χ0n) is 16.4. The molecule has 1 fully saturated rings. The topological polar surface area (TPSA) is 86.7 Å². The average Bonchev–Trinajstić information content (AvgIpc) is 3.16. The van der Waals surface area contributed by atoms with E-state index in [0.717, 1.165) is 28.8 Å². The fraction of sp³-hybridized carbons (Fsp3) is 0.409. The van der Waals surface area contributed by atoms with Crippen LogP contribution in [0.15, 0.2) is 41.8 Å². The molecule has 0 radical (unpaired) electrons. The number of carbonyl (C=O) groups is 3. The SMILES string of the molecule is O=C(N[C@H]1Cc2ccsc2[C@H]2CCC[C@@H](C(=O)O)N2C1=O)[C@@H](S)Cc1ccccc1. The molecular formula is C22H24N2O4S2. The Balaban J connectivity index is 1.56. The van der Waals surface area contributed by atoms with E-state index in [1.807, 2.05) is 41.8 Å². The van der Waals surface area contributed by atoms with Gasteiger partial charge in [-0.2, -0.15) is 12.6 Å². The highest BCUT2D eigenvalue weighted by Gasteiger charge is 2.45. The van der Waals surface area contributed by atoms with Crippen molar-refractivity contribution in [1.82, 2.24) is 10.2 Å². The first-order valence-corrected chi connectivity index (χ1v) is 11.5. The first-order chi connectivity index (χ1) is 14.5. The molecule has 0 aliphatic carbocycles. The minimum Gasteiger partial charge on any atom is -0.480 e. The fourth-order valence-electron chi connectivity index (χ4n) is 4.41. The average molecular weight is 445 g/mol. The summed E-state index contributed by atoms with van der Waals surface area (Å²) in [6.45, 7) is 0. The minimum absolute atomic E-state index is 0.236. The molecule has 4 atom stereocenters. The molecule has 1 aromatic heterocycles. The summed E-state index contributed by atoms with van der Waals surface area (Å²) < 4.78 is 0. The Morgan fingerprint density at radius 1 is 1.23 bits per heavy atom. The lowest BCUT2D eigenvalue weighted by Gasteiger charge is -2.40. The summed E-state index contributed by atoms with van der Waals surface area (Å²) >= 11 is 6.00. The second kappa shape index (κ2) is 8.81. The molecule has 8 heteroatoms. The molecule has 2 aliphatic rings. The maximum absolute atomic E-state index is 13.4. The lowest BCUT2D eigenvalue weighted by atomic mass is 9.94. The highest BCUT2D eigenvalue weighted by molar-refractivity contribution is 7.81. The van der Waals surface area contributed by atoms with Crippen molar-refractivity contribution in [3.8, 4) is 0 Å². The van der Waals surface area contributed by atoms with Gasteiger partial charge in [0, 0.05) is 11.3 Å². The number of nitrogens with one attached hydrogen (secondary N) is 1. The van der Waals surface area contributed by atoms with Crippen molar-refractivity contribution < 1.29 is 19.5 Å². The van der Waals surface area contributed by atoms with Gasteiger partial charge in [0.1, 0.15) is 12.1 Å². The standard InChI is InChI=1S/C22H24N2O4S2/c25-20(18(29)11-13-5-2-1-3-6-13)23-15-12-14-9-10-30-19(14)16-7-4-8-17(22(27)28)24(16)21(15)26/h1-3,5-6,9-10,15-18,29H,4,7-8,11-12H2,(H,23,25)(H,27,28)/t15-,16+,17-,18-/m0/s1. The van der Waals surface area contributed by atoms with Crippen molar-refractivity contribution in [2.45, 2.75) is 55.5 Å². The minimum atomic E-state index is -0.991. The van der Waals surface area contributed by atoms with E-state index in [1.54, 1.807) is 11.3 Å². The predicted molar refractivity (Wildman–Crippen MR) is 118 cm³/mol. The first kappa shape index (κ1) is 20.9. The summed E-state index contributed by atoms with van der Waals surface area (Å²) in [5, 5.41) is 13.9. The van der Waals surface area contributed by atoms with Crippen LogP contribution in [0.25, 0.3) is 0 Å². The number of carbonyl (C=O) groups excluding carboxylic acids is 2. The third-order valence-electron chi connectivity index (χ3n) is 5.86. The number of rotatable bonds is 5. The Morgan fingerprint density at radius 2 is 2.00 bits per heavy atom. The third kappa shape index (κ3) is 4.11. The summed E-state index contributed by atoms with van der Waals surface area (Å²) in [7, 11) is 0. The van der Waals surface area contributed by atoms with Crippen LogP contribution in [-0.2, 0) is 27.2 Å². The van der Waals surface area contributed by atoms with Crippen LogP contribution in [0, 0.1) is 0 Å². The Kier molecular flexibility index (Phi) is 6.15. The molecule has 4 rings (SSSR count). The van der Waals surface area contributed by atoms with Crippen LogP contribution >= 0.6 is 24.0 Å². The highest BCUT2D eigenvalue weighted by atomic mass is 32.1. The third-order valence-corrected chi connectivity index (χ3v) is 7.34. The van der Waals surface area contributed by atoms with Gasteiger partial charge in [-0.3, -0.25) is 9.59 Å². The van der Waals surface area contributed by atoms with E-state index in [-0.39, 0.29) is 17.9 Å². The summed E-state index contributed by atoms with van der Waals surface area (Å²) in [6, 6.07) is 9.67. The Labute approximate surface area is 184 Å². The molecule has 2 N–H and O–H groups in total. The number of hydrogen-bond acceptors (Lipinski definition) is 5. The second-order valence-electron chi connectivity index (χ2n) is 7.83. The van der Waals surface area contributed by atoms with Gasteiger partial charge in [0.2, 0.25) is 11.8 Å². The largest absolute Gasteiger partial charge is 0.480 e. The predicted octanol–water partition coefficient (Wildman–Crippen LogP) is 2.84. The van der Waals surface area contributed by atoms with Crippen LogP contribution in [0.5, 0.6) is 0 Å². The summed E-state index contributed by atoms with van der Waals surface area (Å²) in [4.78, 5) is 40.6. The quantitative estimate of drug-likeness (QED) is 0.619. The molecule has 6 nitrogen and oxygen atoms in total. The van der Waals surface area contributed by atoms with E-state index in [9.17, 15) is 19.5 Å². The number of nitrogens with zero attached hydrogens (tertiary/aromatic N) is 1. The van der Waals surface area contributed by atoms with Crippen LogP contribution in [0.3, 0.4) is 0 Å². The molecule has 2 amide bonds. The molecule has 1 aromatic carbocycles. The van der Waals surface area contributed by atoms with Gasteiger partial charge < -0.3 is 15.3 Å². The molecule has 30 heavy (non-hydrogen) atoms. The lowest BCUT2D eigenvalue weighted by molar-refractivity contribution is -0.156. The zero-order chi connectivity index (χ0) is 21.3. The van der Waals surface area contributed by atoms with E-state index >= 15 is 0 Å². The fourth-order valence-corrected chi connectivity index (χ4v) is 5.77. The van der Waals surface area contributed by atoms with Gasteiger partial charge in [0.05, 0.1) is 11.3 Å². The van der Waals surface area contributed by atoms with Crippen LogP contribution in [-0.4, -0.2) is 45.1 Å². The van der Waals surface area contributed by atoms with Crippen molar-refractivity contribution in [1.29, 1.82) is 0 Å². The Morgan fingerprint density at radius 3 is 2.73 bits per heavy atom. The molecule has 2 aliphatic heterocycles. The molecular weight excluding hydrogens is 420 g/mol. The number of benzene rings is 1. The van der Waals surface area contributed by atoms with Gasteiger partial charge in [0.25, 0.3) is 0 Å². The van der Waals surface area contributed by atoms with Crippen molar-refractivity contribution in [3.05, 3.63) is 57.8 Å². The number of aliphatic carboxylic acids is 1. The number of carboxylic acid groups (broad SMARTS) is 1. The van der Waals surface area contributed by atoms with E-state index in [0.29, 0.717) is 19.3 Å². The molecule has 0 bridgehead atoms. The molecule has 2 aromatic rings. The van der Waals surface area contributed by atoms with Gasteiger partial charge in [-0.15, -0.1) is 11.3 Å². The van der Waals surface area contributed by atoms with Crippen molar-refractivity contribution >= 4 is 41.7 Å². The van der Waals surface area contributed by atoms with Gasteiger partial charge in [-0.05, 0) is 48.3 Å². The van der Waals surface area contributed by atoms with Crippen LogP contribution in [0.1, 0.15) is 41.3 Å². The maximum atomic E-state index is 13.4. The molecule has 3 heterocycles. The smallest absolute Gasteiger partial charge is 0.326 e. The number of amides is 2.